The van der Waals surface area contributed by atoms with Crippen LogP contribution in [0.4, 0.5) is 10.1 Å². The van der Waals surface area contributed by atoms with E-state index in [4.69, 9.17) is 16.3 Å². The molecule has 0 aliphatic rings. The summed E-state index contributed by atoms with van der Waals surface area (Å²) in [6.07, 6.45) is -0.0941. The number of rotatable bonds is 6. The smallest absolute Gasteiger partial charge is 0.246 e. The molecule has 0 aliphatic heterocycles. The highest BCUT2D eigenvalue weighted by molar-refractivity contribution is 7.89. The van der Waals surface area contributed by atoms with Crippen molar-refractivity contribution in [2.24, 2.45) is 0 Å². The number of nitrogen functional groups attached to an aromatic ring is 1. The Bertz CT molecular complexity index is 643. The molecule has 0 atom stereocenters. The minimum absolute atomic E-state index is 0.0470. The molecule has 0 aliphatic carbocycles. The second kappa shape index (κ2) is 6.85. The van der Waals surface area contributed by atoms with Gasteiger partial charge in [-0.25, -0.2) is 12.8 Å². The first-order valence-electron chi connectivity index (χ1n) is 5.72. The Hall–Kier alpha value is -2.16. The van der Waals surface area contributed by atoms with E-state index in [1.807, 2.05) is 12.1 Å². The predicted octanol–water partition coefficient (Wildman–Crippen LogP) is 1.23. The van der Waals surface area contributed by atoms with Crippen molar-refractivity contribution >= 4 is 15.7 Å². The molecule has 6 nitrogen and oxygen atoms in total. The number of hydrogen-bond donors (Lipinski definition) is 1. The Morgan fingerprint density at radius 2 is 1.75 bits per heavy atom. The van der Waals surface area contributed by atoms with Gasteiger partial charge in [-0.15, -0.1) is 0 Å². The van der Waals surface area contributed by atoms with Crippen LogP contribution in [0.1, 0.15) is 12.8 Å². The quantitative estimate of drug-likeness (QED) is 0.793. The van der Waals surface area contributed by atoms with Crippen LogP contribution in [0, 0.1) is 28.5 Å². The van der Waals surface area contributed by atoms with Crippen molar-refractivity contribution in [2.45, 2.75) is 17.7 Å². The number of benzene rings is 1. The second-order valence-corrected chi connectivity index (χ2v) is 5.82. The van der Waals surface area contributed by atoms with E-state index >= 15 is 0 Å². The van der Waals surface area contributed by atoms with Crippen molar-refractivity contribution < 1.29 is 12.8 Å². The van der Waals surface area contributed by atoms with Crippen LogP contribution in [-0.4, -0.2) is 25.8 Å². The maximum Gasteiger partial charge on any atom is 0.246 e. The lowest BCUT2D eigenvalue weighted by Gasteiger charge is -2.20. The van der Waals surface area contributed by atoms with E-state index in [2.05, 4.69) is 0 Å². The summed E-state index contributed by atoms with van der Waals surface area (Å²) in [7, 11) is -4.12. The molecule has 0 saturated carbocycles. The minimum Gasteiger partial charge on any atom is -0.399 e. The van der Waals surface area contributed by atoms with Crippen LogP contribution in [0.15, 0.2) is 23.1 Å². The number of sulfonamides is 1. The molecule has 1 rings (SSSR count). The van der Waals surface area contributed by atoms with Gasteiger partial charge >= 0.3 is 0 Å². The van der Waals surface area contributed by atoms with Crippen LogP contribution in [-0.2, 0) is 10.0 Å². The van der Waals surface area contributed by atoms with Crippen molar-refractivity contribution in [3.63, 3.8) is 0 Å². The van der Waals surface area contributed by atoms with Gasteiger partial charge in [0, 0.05) is 31.6 Å². The van der Waals surface area contributed by atoms with E-state index in [0.717, 1.165) is 16.4 Å². The molecule has 1 aromatic rings. The van der Waals surface area contributed by atoms with Crippen LogP contribution in [0.2, 0.25) is 0 Å². The van der Waals surface area contributed by atoms with Crippen LogP contribution in [0.5, 0.6) is 0 Å². The number of nitrogens with two attached hydrogens (primary N) is 1. The first-order chi connectivity index (χ1) is 9.43. The Morgan fingerprint density at radius 3 is 2.25 bits per heavy atom. The summed E-state index contributed by atoms with van der Waals surface area (Å²) in [4.78, 5) is -0.548. The molecule has 8 heteroatoms. The number of halogens is 1. The summed E-state index contributed by atoms with van der Waals surface area (Å²) in [5.41, 5.74) is 5.59. The third-order valence-electron chi connectivity index (χ3n) is 2.52. The molecule has 0 bridgehead atoms. The molecule has 0 unspecified atom stereocenters. The first-order valence-corrected chi connectivity index (χ1v) is 7.16. The van der Waals surface area contributed by atoms with Gasteiger partial charge in [-0.3, -0.25) is 0 Å². The van der Waals surface area contributed by atoms with Gasteiger partial charge in [0.25, 0.3) is 0 Å². The summed E-state index contributed by atoms with van der Waals surface area (Å²) in [5, 5.41) is 17.1. The summed E-state index contributed by atoms with van der Waals surface area (Å²) in [5.74, 6) is -0.918. The van der Waals surface area contributed by atoms with Gasteiger partial charge in [-0.1, -0.05) is 0 Å². The Morgan fingerprint density at radius 1 is 1.20 bits per heavy atom. The van der Waals surface area contributed by atoms with Gasteiger partial charge in [-0.2, -0.15) is 14.8 Å². The fourth-order valence-corrected chi connectivity index (χ4v) is 3.10. The molecule has 1 aromatic carbocycles. The van der Waals surface area contributed by atoms with E-state index in [1.54, 1.807) is 0 Å². The number of anilines is 1. The Balaban J connectivity index is 3.18. The van der Waals surface area contributed by atoms with Crippen molar-refractivity contribution in [3.05, 3.63) is 24.0 Å². The highest BCUT2D eigenvalue weighted by Gasteiger charge is 2.27. The van der Waals surface area contributed by atoms with E-state index in [0.29, 0.717) is 0 Å². The highest BCUT2D eigenvalue weighted by atomic mass is 32.2. The zero-order chi connectivity index (χ0) is 15.2. The van der Waals surface area contributed by atoms with E-state index in [-0.39, 0.29) is 31.6 Å². The van der Waals surface area contributed by atoms with Gasteiger partial charge in [0.05, 0.1) is 12.1 Å². The van der Waals surface area contributed by atoms with E-state index in [9.17, 15) is 12.8 Å². The lowest BCUT2D eigenvalue weighted by Crippen LogP contribution is -2.33. The largest absolute Gasteiger partial charge is 0.399 e. The monoisotopic (exact) mass is 296 g/mol. The molecule has 2 N–H and O–H groups in total. The molecule has 0 aromatic heterocycles. The standard InChI is InChI=1S/C12H13FN4O2S/c13-11-4-3-10(16)9-12(11)20(18,19)17(7-1-5-14)8-2-6-15/h3-4,9H,1-2,7-8,16H2. The normalized spacial score (nSPS) is 11.0. The minimum atomic E-state index is -4.12. The van der Waals surface area contributed by atoms with E-state index < -0.39 is 20.7 Å². The molecule has 0 saturated heterocycles. The average Bonchev–Trinajstić information content (AvgIpc) is 2.41. The van der Waals surface area contributed by atoms with E-state index in [1.165, 1.54) is 6.07 Å². The SMILES string of the molecule is N#CCCN(CCC#N)S(=O)(=O)c1cc(N)ccc1F. The molecule has 106 valence electrons. The zero-order valence-corrected chi connectivity index (χ0v) is 11.4. The lowest BCUT2D eigenvalue weighted by molar-refractivity contribution is 0.421. The van der Waals surface area contributed by atoms with Crippen LogP contribution in [0.25, 0.3) is 0 Å². The lowest BCUT2D eigenvalue weighted by atomic mass is 10.3. The topological polar surface area (TPSA) is 111 Å². The predicted molar refractivity (Wildman–Crippen MR) is 70.0 cm³/mol. The molecule has 20 heavy (non-hydrogen) atoms. The third kappa shape index (κ3) is 3.67. The van der Waals surface area contributed by atoms with Crippen LogP contribution >= 0.6 is 0 Å². The summed E-state index contributed by atoms with van der Waals surface area (Å²) >= 11 is 0. The molecular formula is C12H13FN4O2S. The van der Waals surface area contributed by atoms with Crippen molar-refractivity contribution in [3.8, 4) is 12.1 Å². The van der Waals surface area contributed by atoms with Gasteiger partial charge in [-0.05, 0) is 18.2 Å². The highest BCUT2D eigenvalue weighted by Crippen LogP contribution is 2.22. The molecule has 0 spiro atoms. The van der Waals surface area contributed by atoms with Crippen molar-refractivity contribution in [1.82, 2.24) is 4.31 Å². The van der Waals surface area contributed by atoms with Crippen LogP contribution in [0.3, 0.4) is 0 Å². The maximum atomic E-state index is 13.7. The fraction of sp³-hybridized carbons (Fsp3) is 0.333. The fourth-order valence-electron chi connectivity index (χ4n) is 1.56. The molecule has 0 fully saturated rings. The Labute approximate surface area is 116 Å². The molecule has 0 radical (unpaired) electrons. The molecule has 0 heterocycles. The maximum absolute atomic E-state index is 13.7. The zero-order valence-electron chi connectivity index (χ0n) is 10.6. The van der Waals surface area contributed by atoms with Gasteiger partial charge in [0.2, 0.25) is 10.0 Å². The average molecular weight is 296 g/mol. The van der Waals surface area contributed by atoms with Crippen LogP contribution < -0.4 is 5.73 Å². The first kappa shape index (κ1) is 15.9. The van der Waals surface area contributed by atoms with Crippen molar-refractivity contribution in [2.75, 3.05) is 18.8 Å². The summed E-state index contributed by atoms with van der Waals surface area (Å²) < 4.78 is 39.2. The van der Waals surface area contributed by atoms with Gasteiger partial charge in [0.15, 0.2) is 0 Å². The second-order valence-electron chi connectivity index (χ2n) is 3.91. The molecule has 0 amide bonds. The summed E-state index contributed by atoms with van der Waals surface area (Å²) in [6, 6.07) is 6.88. The number of nitrogens with zero attached hydrogens (tertiary/aromatic N) is 3. The molecular weight excluding hydrogens is 283 g/mol. The number of nitriles is 2. The third-order valence-corrected chi connectivity index (χ3v) is 4.43. The number of hydrogen-bond acceptors (Lipinski definition) is 5. The summed E-state index contributed by atoms with van der Waals surface area (Å²) in [6.45, 7) is -0.205. The van der Waals surface area contributed by atoms with Gasteiger partial charge < -0.3 is 5.73 Å². The Kier molecular flexibility index (Phi) is 5.44. The van der Waals surface area contributed by atoms with Crippen molar-refractivity contribution in [1.29, 1.82) is 10.5 Å². The van der Waals surface area contributed by atoms with Gasteiger partial charge in [0.1, 0.15) is 10.7 Å².